The van der Waals surface area contributed by atoms with E-state index in [0.717, 1.165) is 16.7 Å². The molecule has 9 heteroatoms. The average Bonchev–Trinajstić information content (AvgIpc) is 2.40. The molecular weight excluding hydrogens is 319 g/mol. The van der Waals surface area contributed by atoms with Gasteiger partial charge in [0.2, 0.25) is 10.0 Å². The fourth-order valence-corrected chi connectivity index (χ4v) is 4.27. The summed E-state index contributed by atoms with van der Waals surface area (Å²) in [6.45, 7) is 3.77. The first-order valence-electron chi connectivity index (χ1n) is 6.73. The van der Waals surface area contributed by atoms with Crippen LogP contribution in [0.5, 0.6) is 0 Å². The standard InChI is InChI=1S/C13H18F3N3O2S/c1-12(2)8-19(6-4-11(12)17)22(20,21)10-7-18-5-3-9(10)13(14,15)16/h3,5,7,11H,4,6,8,17H2,1-2H3. The maximum atomic E-state index is 13.0. The van der Waals surface area contributed by atoms with Crippen LogP contribution < -0.4 is 5.73 Å². The molecule has 1 unspecified atom stereocenters. The van der Waals surface area contributed by atoms with Gasteiger partial charge in [0.05, 0.1) is 5.56 Å². The second-order valence-electron chi connectivity index (χ2n) is 6.09. The van der Waals surface area contributed by atoms with Gasteiger partial charge in [-0.15, -0.1) is 0 Å². The maximum absolute atomic E-state index is 13.0. The molecule has 2 N–H and O–H groups in total. The molecule has 124 valence electrons. The van der Waals surface area contributed by atoms with E-state index in [4.69, 9.17) is 5.73 Å². The summed E-state index contributed by atoms with van der Waals surface area (Å²) >= 11 is 0. The van der Waals surface area contributed by atoms with Crippen LogP contribution in [-0.4, -0.2) is 36.8 Å². The Kier molecular flexibility index (Phi) is 4.27. The number of halogens is 3. The van der Waals surface area contributed by atoms with E-state index in [2.05, 4.69) is 4.98 Å². The summed E-state index contributed by atoms with van der Waals surface area (Å²) in [4.78, 5) is 2.73. The largest absolute Gasteiger partial charge is 0.417 e. The van der Waals surface area contributed by atoms with Crippen LogP contribution in [0.3, 0.4) is 0 Å². The number of aromatic nitrogens is 1. The van der Waals surface area contributed by atoms with Crippen LogP contribution in [0.4, 0.5) is 13.2 Å². The summed E-state index contributed by atoms with van der Waals surface area (Å²) in [6.07, 6.45) is -2.68. The second kappa shape index (κ2) is 5.47. The Labute approximate surface area is 127 Å². The van der Waals surface area contributed by atoms with Crippen molar-refractivity contribution < 1.29 is 21.6 Å². The number of nitrogens with two attached hydrogens (primary N) is 1. The van der Waals surface area contributed by atoms with Crippen molar-refractivity contribution in [2.75, 3.05) is 13.1 Å². The third kappa shape index (κ3) is 3.11. The third-order valence-corrected chi connectivity index (χ3v) is 5.86. The Bertz CT molecular complexity index is 659. The normalized spacial score (nSPS) is 23.5. The number of nitrogens with zero attached hydrogens (tertiary/aromatic N) is 2. The lowest BCUT2D eigenvalue weighted by Gasteiger charge is -2.41. The van der Waals surface area contributed by atoms with Gasteiger partial charge in [0.15, 0.2) is 0 Å². The molecule has 0 amide bonds. The number of sulfonamides is 1. The Morgan fingerprint density at radius 1 is 1.41 bits per heavy atom. The van der Waals surface area contributed by atoms with Gasteiger partial charge in [-0.05, 0) is 17.9 Å². The van der Waals surface area contributed by atoms with Crippen molar-refractivity contribution in [2.45, 2.75) is 37.4 Å². The van der Waals surface area contributed by atoms with Crippen LogP contribution >= 0.6 is 0 Å². The highest BCUT2D eigenvalue weighted by atomic mass is 32.2. The van der Waals surface area contributed by atoms with Gasteiger partial charge in [-0.25, -0.2) is 8.42 Å². The van der Waals surface area contributed by atoms with Gasteiger partial charge < -0.3 is 5.73 Å². The van der Waals surface area contributed by atoms with E-state index in [0.29, 0.717) is 12.5 Å². The number of piperidine rings is 1. The number of hydrogen-bond donors (Lipinski definition) is 1. The first kappa shape index (κ1) is 17.2. The molecule has 2 rings (SSSR count). The van der Waals surface area contributed by atoms with Crippen LogP contribution in [0, 0.1) is 5.41 Å². The number of alkyl halides is 3. The van der Waals surface area contributed by atoms with Crippen molar-refractivity contribution in [3.05, 3.63) is 24.0 Å². The molecule has 0 radical (unpaired) electrons. The fraction of sp³-hybridized carbons (Fsp3) is 0.615. The monoisotopic (exact) mass is 337 g/mol. The minimum absolute atomic E-state index is 0.0721. The van der Waals surface area contributed by atoms with Crippen LogP contribution in [0.25, 0.3) is 0 Å². The fourth-order valence-electron chi connectivity index (χ4n) is 2.49. The second-order valence-corrected chi connectivity index (χ2v) is 8.00. The average molecular weight is 337 g/mol. The van der Waals surface area contributed by atoms with E-state index in [1.54, 1.807) is 13.8 Å². The van der Waals surface area contributed by atoms with E-state index >= 15 is 0 Å². The highest BCUT2D eigenvalue weighted by Crippen LogP contribution is 2.37. The molecule has 1 atom stereocenters. The zero-order chi connectivity index (χ0) is 16.8. The molecule has 0 bridgehead atoms. The molecule has 1 fully saturated rings. The highest BCUT2D eigenvalue weighted by molar-refractivity contribution is 7.89. The maximum Gasteiger partial charge on any atom is 0.417 e. The molecule has 1 saturated heterocycles. The van der Waals surface area contributed by atoms with Gasteiger partial charge in [0.25, 0.3) is 0 Å². The minimum atomic E-state index is -4.76. The number of rotatable bonds is 2. The smallest absolute Gasteiger partial charge is 0.327 e. The zero-order valence-electron chi connectivity index (χ0n) is 12.3. The van der Waals surface area contributed by atoms with Crippen molar-refractivity contribution in [1.82, 2.24) is 9.29 Å². The van der Waals surface area contributed by atoms with Crippen molar-refractivity contribution in [3.8, 4) is 0 Å². The van der Waals surface area contributed by atoms with Crippen molar-refractivity contribution in [1.29, 1.82) is 0 Å². The summed E-state index contributed by atoms with van der Waals surface area (Å²) in [7, 11) is -4.28. The SMILES string of the molecule is CC1(C)CN(S(=O)(=O)c2cnccc2C(F)(F)F)CCC1N. The predicted molar refractivity (Wildman–Crippen MR) is 74.4 cm³/mol. The van der Waals surface area contributed by atoms with E-state index in [1.807, 2.05) is 0 Å². The van der Waals surface area contributed by atoms with Gasteiger partial charge in [-0.3, -0.25) is 4.98 Å². The number of hydrogen-bond acceptors (Lipinski definition) is 4. The van der Waals surface area contributed by atoms with Gasteiger partial charge >= 0.3 is 6.18 Å². The lowest BCUT2D eigenvalue weighted by Crippen LogP contribution is -2.54. The minimum Gasteiger partial charge on any atom is -0.327 e. The Hall–Kier alpha value is -1.19. The molecule has 1 aromatic heterocycles. The van der Waals surface area contributed by atoms with Crippen LogP contribution in [0.2, 0.25) is 0 Å². The molecule has 1 aliphatic rings. The lowest BCUT2D eigenvalue weighted by atomic mass is 9.81. The summed E-state index contributed by atoms with van der Waals surface area (Å²) in [5, 5.41) is 0. The summed E-state index contributed by atoms with van der Waals surface area (Å²) in [5.41, 5.74) is 4.24. The first-order valence-corrected chi connectivity index (χ1v) is 8.17. The molecule has 0 aliphatic carbocycles. The summed E-state index contributed by atoms with van der Waals surface area (Å²) in [6, 6.07) is 0.475. The zero-order valence-corrected chi connectivity index (χ0v) is 13.1. The summed E-state index contributed by atoms with van der Waals surface area (Å²) in [5.74, 6) is 0. The van der Waals surface area contributed by atoms with Crippen molar-refractivity contribution >= 4 is 10.0 Å². The van der Waals surface area contributed by atoms with Gasteiger partial charge in [0, 0.05) is 31.5 Å². The van der Waals surface area contributed by atoms with Crippen molar-refractivity contribution in [2.24, 2.45) is 11.1 Å². The van der Waals surface area contributed by atoms with Crippen LogP contribution in [0.1, 0.15) is 25.8 Å². The van der Waals surface area contributed by atoms with E-state index in [1.165, 1.54) is 0 Å². The quantitative estimate of drug-likeness (QED) is 0.893. The molecule has 0 spiro atoms. The Morgan fingerprint density at radius 2 is 2.05 bits per heavy atom. The molecule has 22 heavy (non-hydrogen) atoms. The lowest BCUT2D eigenvalue weighted by molar-refractivity contribution is -0.140. The van der Waals surface area contributed by atoms with Gasteiger partial charge in [0.1, 0.15) is 4.90 Å². The summed E-state index contributed by atoms with van der Waals surface area (Å²) < 4.78 is 65.3. The van der Waals surface area contributed by atoms with Crippen molar-refractivity contribution in [3.63, 3.8) is 0 Å². The van der Waals surface area contributed by atoms with Crippen LogP contribution in [-0.2, 0) is 16.2 Å². The molecule has 0 saturated carbocycles. The van der Waals surface area contributed by atoms with Crippen LogP contribution in [0.15, 0.2) is 23.4 Å². The molecule has 1 aromatic rings. The van der Waals surface area contributed by atoms with E-state index in [9.17, 15) is 21.6 Å². The van der Waals surface area contributed by atoms with Gasteiger partial charge in [-0.2, -0.15) is 17.5 Å². The predicted octanol–water partition coefficient (Wildman–Crippen LogP) is 1.85. The topological polar surface area (TPSA) is 76.3 Å². The Balaban J connectivity index is 2.45. The van der Waals surface area contributed by atoms with E-state index in [-0.39, 0.29) is 19.1 Å². The molecule has 1 aliphatic heterocycles. The molecular formula is C13H18F3N3O2S. The van der Waals surface area contributed by atoms with Gasteiger partial charge in [-0.1, -0.05) is 13.8 Å². The molecule has 0 aromatic carbocycles. The third-order valence-electron chi connectivity index (χ3n) is 3.98. The molecule has 5 nitrogen and oxygen atoms in total. The first-order chi connectivity index (χ1) is 9.96. The Morgan fingerprint density at radius 3 is 2.59 bits per heavy atom. The van der Waals surface area contributed by atoms with E-state index < -0.39 is 32.1 Å². The number of pyridine rings is 1. The molecule has 2 heterocycles. The highest BCUT2D eigenvalue weighted by Gasteiger charge is 2.43.